The molecule has 2 rings (SSSR count). The summed E-state index contributed by atoms with van der Waals surface area (Å²) < 4.78 is 7.63. The number of nitrogens with zero attached hydrogens (tertiary/aromatic N) is 2. The molecule has 1 atom stereocenters. The highest BCUT2D eigenvalue weighted by molar-refractivity contribution is 4.99. The van der Waals surface area contributed by atoms with Crippen molar-refractivity contribution in [3.05, 3.63) is 18.0 Å². The molecule has 1 aromatic heterocycles. The summed E-state index contributed by atoms with van der Waals surface area (Å²) in [5, 5.41) is 7.67. The van der Waals surface area contributed by atoms with E-state index in [0.717, 1.165) is 26.2 Å². The van der Waals surface area contributed by atoms with Crippen molar-refractivity contribution in [3.8, 4) is 0 Å². The van der Waals surface area contributed by atoms with Crippen molar-refractivity contribution < 1.29 is 4.74 Å². The second kappa shape index (κ2) is 6.01. The third kappa shape index (κ3) is 3.61. The normalized spacial score (nSPS) is 21.2. The van der Waals surface area contributed by atoms with Crippen LogP contribution < -0.4 is 5.32 Å². The molecular formula is C12H21N3O. The van der Waals surface area contributed by atoms with Crippen molar-refractivity contribution in [2.24, 2.45) is 0 Å². The molecule has 0 unspecified atom stereocenters. The number of nitrogens with one attached hydrogen (secondary N) is 1. The first-order valence-corrected chi connectivity index (χ1v) is 6.16. The number of hydrogen-bond donors (Lipinski definition) is 1. The Morgan fingerprint density at radius 1 is 1.56 bits per heavy atom. The Balaban J connectivity index is 1.57. The zero-order chi connectivity index (χ0) is 11.2. The quantitative estimate of drug-likeness (QED) is 0.766. The van der Waals surface area contributed by atoms with E-state index >= 15 is 0 Å². The highest BCUT2D eigenvalue weighted by Crippen LogP contribution is 2.11. The molecule has 0 saturated carbocycles. The van der Waals surface area contributed by atoms with Crippen LogP contribution in [0.25, 0.3) is 0 Å². The molecular weight excluding hydrogens is 202 g/mol. The molecule has 0 spiro atoms. The van der Waals surface area contributed by atoms with E-state index in [-0.39, 0.29) is 0 Å². The Morgan fingerprint density at radius 2 is 2.50 bits per heavy atom. The van der Waals surface area contributed by atoms with Gasteiger partial charge in [-0.25, -0.2) is 0 Å². The van der Waals surface area contributed by atoms with E-state index < -0.39 is 0 Å². The maximum Gasteiger partial charge on any atom is 0.0699 e. The third-order valence-electron chi connectivity index (χ3n) is 2.93. The van der Waals surface area contributed by atoms with Crippen LogP contribution in [0.2, 0.25) is 0 Å². The molecule has 0 amide bonds. The minimum Gasteiger partial charge on any atom is -0.377 e. The van der Waals surface area contributed by atoms with Crippen LogP contribution >= 0.6 is 0 Å². The lowest BCUT2D eigenvalue weighted by Crippen LogP contribution is -2.33. The average Bonchev–Trinajstić information content (AvgIpc) is 2.72. The van der Waals surface area contributed by atoms with E-state index in [1.54, 1.807) is 0 Å². The predicted molar refractivity (Wildman–Crippen MR) is 63.4 cm³/mol. The van der Waals surface area contributed by atoms with Crippen molar-refractivity contribution in [2.45, 2.75) is 38.8 Å². The van der Waals surface area contributed by atoms with Crippen molar-refractivity contribution in [3.63, 3.8) is 0 Å². The molecule has 16 heavy (non-hydrogen) atoms. The van der Waals surface area contributed by atoms with Crippen LogP contribution in [0.4, 0.5) is 0 Å². The third-order valence-corrected chi connectivity index (χ3v) is 2.93. The molecule has 0 aromatic carbocycles. The van der Waals surface area contributed by atoms with Gasteiger partial charge in [0.25, 0.3) is 0 Å². The molecule has 2 heterocycles. The summed E-state index contributed by atoms with van der Waals surface area (Å²) in [5.74, 6) is 0. The molecule has 1 aliphatic rings. The van der Waals surface area contributed by atoms with Gasteiger partial charge in [0, 0.05) is 25.9 Å². The molecule has 1 fully saturated rings. The molecule has 1 N–H and O–H groups in total. The van der Waals surface area contributed by atoms with Crippen molar-refractivity contribution in [1.29, 1.82) is 0 Å². The van der Waals surface area contributed by atoms with Crippen LogP contribution in [0, 0.1) is 6.92 Å². The lowest BCUT2D eigenvalue weighted by atomic mass is 10.1. The number of ether oxygens (including phenoxy) is 1. The van der Waals surface area contributed by atoms with Crippen molar-refractivity contribution in [1.82, 2.24) is 15.1 Å². The lowest BCUT2D eigenvalue weighted by Gasteiger charge is -2.22. The van der Waals surface area contributed by atoms with Crippen molar-refractivity contribution in [2.75, 3.05) is 19.7 Å². The zero-order valence-corrected chi connectivity index (χ0v) is 9.98. The predicted octanol–water partition coefficient (Wildman–Crippen LogP) is 1.35. The number of aromatic nitrogens is 2. The number of aryl methyl sites for hydroxylation is 1. The smallest absolute Gasteiger partial charge is 0.0699 e. The average molecular weight is 223 g/mol. The topological polar surface area (TPSA) is 39.1 Å². The Hall–Kier alpha value is -0.870. The molecule has 4 nitrogen and oxygen atoms in total. The van der Waals surface area contributed by atoms with E-state index in [4.69, 9.17) is 4.74 Å². The van der Waals surface area contributed by atoms with Crippen LogP contribution in [-0.2, 0) is 11.3 Å². The molecule has 90 valence electrons. The van der Waals surface area contributed by atoms with Gasteiger partial charge >= 0.3 is 0 Å². The fourth-order valence-corrected chi connectivity index (χ4v) is 2.01. The second-order valence-electron chi connectivity index (χ2n) is 4.47. The monoisotopic (exact) mass is 223 g/mol. The molecule has 4 heteroatoms. The zero-order valence-electron chi connectivity index (χ0n) is 9.98. The summed E-state index contributed by atoms with van der Waals surface area (Å²) in [6.45, 7) is 5.86. The summed E-state index contributed by atoms with van der Waals surface area (Å²) >= 11 is 0. The van der Waals surface area contributed by atoms with Crippen LogP contribution in [0.15, 0.2) is 12.4 Å². The van der Waals surface area contributed by atoms with Crippen LogP contribution in [0.3, 0.4) is 0 Å². The number of rotatable bonds is 5. The van der Waals surface area contributed by atoms with Gasteiger partial charge in [-0.3, -0.25) is 4.68 Å². The largest absolute Gasteiger partial charge is 0.377 e. The fraction of sp³-hybridized carbons (Fsp3) is 0.750. The molecule has 1 aliphatic heterocycles. The van der Waals surface area contributed by atoms with Gasteiger partial charge in [-0.1, -0.05) is 0 Å². The SMILES string of the molecule is Cc1cnn(CCNC[C@H]2CCCCO2)c1. The maximum absolute atomic E-state index is 5.65. The maximum atomic E-state index is 5.65. The molecule has 1 saturated heterocycles. The van der Waals surface area contributed by atoms with Gasteiger partial charge in [-0.05, 0) is 31.7 Å². The first-order chi connectivity index (χ1) is 7.84. The van der Waals surface area contributed by atoms with E-state index in [9.17, 15) is 0 Å². The fourth-order valence-electron chi connectivity index (χ4n) is 2.01. The number of hydrogen-bond acceptors (Lipinski definition) is 3. The van der Waals surface area contributed by atoms with Crippen molar-refractivity contribution >= 4 is 0 Å². The molecule has 1 aromatic rings. The van der Waals surface area contributed by atoms with Crippen LogP contribution in [-0.4, -0.2) is 35.6 Å². The standard InChI is InChI=1S/C12H21N3O/c1-11-8-14-15(10-11)6-5-13-9-12-4-2-3-7-16-12/h8,10,12-13H,2-7,9H2,1H3/t12-/m1/s1. The van der Waals surface area contributed by atoms with E-state index in [1.807, 2.05) is 10.9 Å². The lowest BCUT2D eigenvalue weighted by molar-refractivity contribution is 0.0169. The molecule has 0 radical (unpaired) electrons. The van der Waals surface area contributed by atoms with Crippen LogP contribution in [0.1, 0.15) is 24.8 Å². The van der Waals surface area contributed by atoms with E-state index in [1.165, 1.54) is 24.8 Å². The van der Waals surface area contributed by atoms with E-state index in [2.05, 4.69) is 23.5 Å². The van der Waals surface area contributed by atoms with Crippen LogP contribution in [0.5, 0.6) is 0 Å². The summed E-state index contributed by atoms with van der Waals surface area (Å²) in [4.78, 5) is 0. The second-order valence-corrected chi connectivity index (χ2v) is 4.47. The molecule has 0 bridgehead atoms. The van der Waals surface area contributed by atoms with Gasteiger partial charge in [0.1, 0.15) is 0 Å². The Bertz CT molecular complexity index is 305. The van der Waals surface area contributed by atoms with Gasteiger partial charge in [0.15, 0.2) is 0 Å². The van der Waals surface area contributed by atoms with Gasteiger partial charge in [-0.2, -0.15) is 5.10 Å². The molecule has 0 aliphatic carbocycles. The van der Waals surface area contributed by atoms with Gasteiger partial charge in [-0.15, -0.1) is 0 Å². The Kier molecular flexibility index (Phi) is 4.36. The first kappa shape index (κ1) is 11.6. The summed E-state index contributed by atoms with van der Waals surface area (Å²) in [7, 11) is 0. The van der Waals surface area contributed by atoms with Gasteiger partial charge in [0.05, 0.1) is 18.8 Å². The Morgan fingerprint density at radius 3 is 3.19 bits per heavy atom. The summed E-state index contributed by atoms with van der Waals surface area (Å²) in [6, 6.07) is 0. The van der Waals surface area contributed by atoms with E-state index in [0.29, 0.717) is 6.10 Å². The Labute approximate surface area is 97.0 Å². The summed E-state index contributed by atoms with van der Waals surface area (Å²) in [5.41, 5.74) is 1.22. The first-order valence-electron chi connectivity index (χ1n) is 6.16. The highest BCUT2D eigenvalue weighted by Gasteiger charge is 2.12. The summed E-state index contributed by atoms with van der Waals surface area (Å²) in [6.07, 6.45) is 8.12. The highest BCUT2D eigenvalue weighted by atomic mass is 16.5. The van der Waals surface area contributed by atoms with Gasteiger partial charge in [0.2, 0.25) is 0 Å². The minimum absolute atomic E-state index is 0.424. The minimum atomic E-state index is 0.424. The van der Waals surface area contributed by atoms with Gasteiger partial charge < -0.3 is 10.1 Å².